The highest BCUT2D eigenvalue weighted by Crippen LogP contribution is 2.20. The average molecular weight is 230 g/mol. The van der Waals surface area contributed by atoms with E-state index in [2.05, 4.69) is 4.74 Å². The average Bonchev–Trinajstić information content (AvgIpc) is 2.16. The molecule has 1 aromatic rings. The molecule has 0 bridgehead atoms. The summed E-state index contributed by atoms with van der Waals surface area (Å²) in [6, 6.07) is 1.33. The number of carbonyl (C=O) groups excluding carboxylic acids is 1. The Balaban J connectivity index is 2.83. The molecule has 0 fully saturated rings. The summed E-state index contributed by atoms with van der Waals surface area (Å²) in [5, 5.41) is 8.88. The molecule has 0 saturated carbocycles. The van der Waals surface area contributed by atoms with Crippen LogP contribution in [0.15, 0.2) is 12.1 Å². The minimum Gasteiger partial charge on any atom is -0.508 e. The van der Waals surface area contributed by atoms with Gasteiger partial charge in [0.1, 0.15) is 22.9 Å². The molecule has 0 heterocycles. The lowest BCUT2D eigenvalue weighted by molar-refractivity contribution is 0.0488. The van der Waals surface area contributed by atoms with Crippen LogP contribution in [0.5, 0.6) is 5.75 Å². The zero-order chi connectivity index (χ0) is 12.1. The Morgan fingerprint density at radius 3 is 2.44 bits per heavy atom. The predicted octanol–water partition coefficient (Wildman–Crippen LogP) is 2.63. The molecule has 88 valence electrons. The van der Waals surface area contributed by atoms with Gasteiger partial charge in [-0.2, -0.15) is 0 Å². The summed E-state index contributed by atoms with van der Waals surface area (Å²) in [5.41, 5.74) is -0.770. The molecule has 1 rings (SSSR count). The van der Waals surface area contributed by atoms with Gasteiger partial charge < -0.3 is 9.84 Å². The number of unbranched alkanes of at least 4 members (excludes halogenated alkanes) is 1. The van der Waals surface area contributed by atoms with Crippen molar-refractivity contribution in [2.45, 2.75) is 19.8 Å². The summed E-state index contributed by atoms with van der Waals surface area (Å²) >= 11 is 0. The van der Waals surface area contributed by atoms with Crippen molar-refractivity contribution in [1.29, 1.82) is 0 Å². The summed E-state index contributed by atoms with van der Waals surface area (Å²) in [6.07, 6.45) is 1.45. The smallest absolute Gasteiger partial charge is 0.344 e. The molecule has 0 aromatic heterocycles. The maximum atomic E-state index is 13.2. The fraction of sp³-hybridized carbons (Fsp3) is 0.364. The number of benzene rings is 1. The van der Waals surface area contributed by atoms with Crippen molar-refractivity contribution >= 4 is 5.97 Å². The molecule has 0 aliphatic carbocycles. The van der Waals surface area contributed by atoms with Gasteiger partial charge in [-0.3, -0.25) is 0 Å². The quantitative estimate of drug-likeness (QED) is 0.638. The van der Waals surface area contributed by atoms with Crippen molar-refractivity contribution in [3.05, 3.63) is 29.3 Å². The van der Waals surface area contributed by atoms with E-state index in [-0.39, 0.29) is 6.61 Å². The van der Waals surface area contributed by atoms with Crippen molar-refractivity contribution in [3.8, 4) is 5.75 Å². The van der Waals surface area contributed by atoms with Gasteiger partial charge in [0.2, 0.25) is 0 Å². The van der Waals surface area contributed by atoms with Crippen molar-refractivity contribution in [1.82, 2.24) is 0 Å². The topological polar surface area (TPSA) is 46.5 Å². The van der Waals surface area contributed by atoms with Gasteiger partial charge in [0, 0.05) is 12.1 Å². The van der Waals surface area contributed by atoms with Crippen molar-refractivity contribution in [3.63, 3.8) is 0 Å². The standard InChI is InChI=1S/C11H12F2O3/c1-2-3-4-16-11(15)10-8(12)5-7(14)6-9(10)13/h5-6,14H,2-4H2,1H3. The third-order valence-corrected chi connectivity index (χ3v) is 1.96. The minimum atomic E-state index is -1.13. The van der Waals surface area contributed by atoms with E-state index in [1.165, 1.54) is 0 Å². The maximum absolute atomic E-state index is 13.2. The van der Waals surface area contributed by atoms with Gasteiger partial charge in [0.05, 0.1) is 6.61 Å². The summed E-state index contributed by atoms with van der Waals surface area (Å²) in [4.78, 5) is 11.3. The molecule has 0 radical (unpaired) electrons. The zero-order valence-electron chi connectivity index (χ0n) is 8.80. The fourth-order valence-electron chi connectivity index (χ4n) is 1.14. The summed E-state index contributed by atoms with van der Waals surface area (Å²) in [6.45, 7) is 2.02. The highest BCUT2D eigenvalue weighted by Gasteiger charge is 2.19. The molecule has 1 N–H and O–H groups in total. The third-order valence-electron chi connectivity index (χ3n) is 1.96. The van der Waals surface area contributed by atoms with Gasteiger partial charge >= 0.3 is 5.97 Å². The number of carbonyl (C=O) groups is 1. The van der Waals surface area contributed by atoms with Crippen LogP contribution < -0.4 is 0 Å². The number of hydrogen-bond donors (Lipinski definition) is 1. The van der Waals surface area contributed by atoms with E-state index >= 15 is 0 Å². The van der Waals surface area contributed by atoms with Gasteiger partial charge in [0.25, 0.3) is 0 Å². The van der Waals surface area contributed by atoms with Crippen LogP contribution in [0.25, 0.3) is 0 Å². The van der Waals surface area contributed by atoms with Crippen molar-refractivity contribution in [2.24, 2.45) is 0 Å². The Bertz CT molecular complexity index is 368. The first-order valence-corrected chi connectivity index (χ1v) is 4.91. The third kappa shape index (κ3) is 2.92. The lowest BCUT2D eigenvalue weighted by Crippen LogP contribution is -2.11. The zero-order valence-corrected chi connectivity index (χ0v) is 8.80. The lowest BCUT2D eigenvalue weighted by Gasteiger charge is -2.06. The SMILES string of the molecule is CCCCOC(=O)c1c(F)cc(O)cc1F. The van der Waals surface area contributed by atoms with Crippen LogP contribution in [0.4, 0.5) is 8.78 Å². The highest BCUT2D eigenvalue weighted by molar-refractivity contribution is 5.90. The summed E-state index contributed by atoms with van der Waals surface area (Å²) < 4.78 is 31.0. The van der Waals surface area contributed by atoms with Gasteiger partial charge in [-0.15, -0.1) is 0 Å². The Morgan fingerprint density at radius 2 is 1.94 bits per heavy atom. The number of rotatable bonds is 4. The first-order valence-electron chi connectivity index (χ1n) is 4.91. The Morgan fingerprint density at radius 1 is 1.38 bits per heavy atom. The second kappa shape index (κ2) is 5.44. The molecule has 5 heteroatoms. The Kier molecular flexibility index (Phi) is 4.22. The largest absolute Gasteiger partial charge is 0.508 e. The summed E-state index contributed by atoms with van der Waals surface area (Å²) in [7, 11) is 0. The Labute approximate surface area is 91.7 Å². The van der Waals surface area contributed by atoms with Crippen molar-refractivity contribution in [2.75, 3.05) is 6.61 Å². The number of phenolic OH excluding ortho intramolecular Hbond substituents is 1. The molecule has 1 aromatic carbocycles. The molecule has 0 aliphatic heterocycles. The van der Waals surface area contributed by atoms with Crippen LogP contribution in [0, 0.1) is 11.6 Å². The van der Waals surface area contributed by atoms with Crippen LogP contribution >= 0.6 is 0 Å². The highest BCUT2D eigenvalue weighted by atomic mass is 19.1. The van der Waals surface area contributed by atoms with Gasteiger partial charge in [-0.1, -0.05) is 13.3 Å². The van der Waals surface area contributed by atoms with Crippen LogP contribution in [-0.4, -0.2) is 17.7 Å². The normalized spacial score (nSPS) is 10.2. The van der Waals surface area contributed by atoms with E-state index in [4.69, 9.17) is 5.11 Å². The molecular weight excluding hydrogens is 218 g/mol. The minimum absolute atomic E-state index is 0.120. The van der Waals surface area contributed by atoms with E-state index in [9.17, 15) is 13.6 Å². The van der Waals surface area contributed by atoms with E-state index in [1.54, 1.807) is 0 Å². The fourth-order valence-corrected chi connectivity index (χ4v) is 1.14. The van der Waals surface area contributed by atoms with Gasteiger partial charge in [-0.25, -0.2) is 13.6 Å². The first kappa shape index (κ1) is 12.4. The molecular formula is C11H12F2O3. The van der Waals surface area contributed by atoms with Crippen LogP contribution in [0.2, 0.25) is 0 Å². The monoisotopic (exact) mass is 230 g/mol. The van der Waals surface area contributed by atoms with Crippen LogP contribution in [-0.2, 0) is 4.74 Å². The number of halogens is 2. The molecule has 16 heavy (non-hydrogen) atoms. The molecule has 0 atom stereocenters. The summed E-state index contributed by atoms with van der Waals surface area (Å²) in [5.74, 6) is -3.87. The number of aromatic hydroxyl groups is 1. The lowest BCUT2D eigenvalue weighted by atomic mass is 10.2. The van der Waals surface area contributed by atoms with E-state index in [0.717, 1.165) is 6.42 Å². The molecule has 0 saturated heterocycles. The van der Waals surface area contributed by atoms with E-state index < -0.39 is 28.9 Å². The maximum Gasteiger partial charge on any atom is 0.344 e. The molecule has 0 amide bonds. The van der Waals surface area contributed by atoms with E-state index in [1.807, 2.05) is 6.92 Å². The van der Waals surface area contributed by atoms with Gasteiger partial charge in [-0.05, 0) is 6.42 Å². The number of esters is 1. The van der Waals surface area contributed by atoms with Gasteiger partial charge in [0.15, 0.2) is 0 Å². The molecule has 0 aliphatic rings. The van der Waals surface area contributed by atoms with Crippen LogP contribution in [0.3, 0.4) is 0 Å². The first-order chi connectivity index (χ1) is 7.56. The second-order valence-electron chi connectivity index (χ2n) is 3.27. The Hall–Kier alpha value is -1.65. The molecule has 3 nitrogen and oxygen atoms in total. The number of phenols is 1. The van der Waals surface area contributed by atoms with Crippen LogP contribution in [0.1, 0.15) is 30.1 Å². The van der Waals surface area contributed by atoms with E-state index in [0.29, 0.717) is 18.6 Å². The number of ether oxygens (including phenoxy) is 1. The molecule has 0 spiro atoms. The second-order valence-corrected chi connectivity index (χ2v) is 3.27. The number of hydrogen-bond acceptors (Lipinski definition) is 3. The predicted molar refractivity (Wildman–Crippen MR) is 53.2 cm³/mol. The van der Waals surface area contributed by atoms with Crippen molar-refractivity contribution < 1.29 is 23.4 Å². The molecule has 0 unspecified atom stereocenters.